The van der Waals surface area contributed by atoms with Gasteiger partial charge in [-0.05, 0) is 18.6 Å². The molecule has 3 heteroatoms. The van der Waals surface area contributed by atoms with Crippen LogP contribution >= 0.6 is 0 Å². The lowest BCUT2D eigenvalue weighted by atomic mass is 10.2. The number of anilines is 1. The fourth-order valence-electron chi connectivity index (χ4n) is 1.72. The number of para-hydroxylation sites is 2. The Balaban J connectivity index is 2.25. The Labute approximate surface area is 89.7 Å². The number of hydrogen-bond donors (Lipinski definition) is 0. The second-order valence-electron chi connectivity index (χ2n) is 3.66. The Hall–Kier alpha value is -1.51. The maximum atomic E-state index is 11.7. The second kappa shape index (κ2) is 4.34. The SMILES string of the molecule is CCCCN1C(=O)COc2ccccc21. The van der Waals surface area contributed by atoms with Crippen LogP contribution < -0.4 is 9.64 Å². The third kappa shape index (κ3) is 1.96. The first-order valence-electron chi connectivity index (χ1n) is 5.35. The van der Waals surface area contributed by atoms with Crippen LogP contribution in [0.25, 0.3) is 0 Å². The molecule has 1 amide bonds. The number of nitrogens with zero attached hydrogens (tertiary/aromatic N) is 1. The minimum atomic E-state index is 0.0575. The van der Waals surface area contributed by atoms with E-state index >= 15 is 0 Å². The van der Waals surface area contributed by atoms with Crippen LogP contribution in [-0.2, 0) is 4.79 Å². The molecule has 2 rings (SSSR count). The molecule has 0 bridgehead atoms. The molecule has 80 valence electrons. The van der Waals surface area contributed by atoms with Gasteiger partial charge in [-0.25, -0.2) is 0 Å². The zero-order valence-corrected chi connectivity index (χ0v) is 8.90. The number of carbonyl (C=O) groups is 1. The summed E-state index contributed by atoms with van der Waals surface area (Å²) < 4.78 is 5.35. The van der Waals surface area contributed by atoms with Crippen LogP contribution in [0, 0.1) is 0 Å². The van der Waals surface area contributed by atoms with Crippen molar-refractivity contribution >= 4 is 11.6 Å². The maximum absolute atomic E-state index is 11.7. The van der Waals surface area contributed by atoms with Gasteiger partial charge in [0.2, 0.25) is 0 Å². The van der Waals surface area contributed by atoms with Crippen molar-refractivity contribution in [3.63, 3.8) is 0 Å². The number of carbonyl (C=O) groups excluding carboxylic acids is 1. The standard InChI is InChI=1S/C12H15NO2/c1-2-3-8-13-10-6-4-5-7-11(10)15-9-12(13)14/h4-7H,2-3,8-9H2,1H3. The predicted octanol–water partition coefficient (Wildman–Crippen LogP) is 2.21. The monoisotopic (exact) mass is 205 g/mol. The zero-order chi connectivity index (χ0) is 10.7. The number of benzene rings is 1. The van der Waals surface area contributed by atoms with E-state index in [4.69, 9.17) is 4.74 Å². The third-order valence-corrected chi connectivity index (χ3v) is 2.54. The van der Waals surface area contributed by atoms with Gasteiger partial charge in [-0.1, -0.05) is 25.5 Å². The van der Waals surface area contributed by atoms with Gasteiger partial charge in [0.15, 0.2) is 6.61 Å². The molecule has 0 aliphatic carbocycles. The minimum absolute atomic E-state index is 0.0575. The highest BCUT2D eigenvalue weighted by molar-refractivity contribution is 5.97. The summed E-state index contributed by atoms with van der Waals surface area (Å²) in [6.45, 7) is 3.08. The molecule has 0 aromatic heterocycles. The number of fused-ring (bicyclic) bond motifs is 1. The highest BCUT2D eigenvalue weighted by atomic mass is 16.5. The number of hydrogen-bond acceptors (Lipinski definition) is 2. The highest BCUT2D eigenvalue weighted by Gasteiger charge is 2.23. The molecule has 1 aromatic carbocycles. The number of amides is 1. The van der Waals surface area contributed by atoms with Crippen LogP contribution in [0.15, 0.2) is 24.3 Å². The largest absolute Gasteiger partial charge is 0.482 e. The van der Waals surface area contributed by atoms with Gasteiger partial charge < -0.3 is 9.64 Å². The van der Waals surface area contributed by atoms with Crippen molar-refractivity contribution in [2.45, 2.75) is 19.8 Å². The fourth-order valence-corrected chi connectivity index (χ4v) is 1.72. The molecule has 0 radical (unpaired) electrons. The first-order chi connectivity index (χ1) is 7.33. The lowest BCUT2D eigenvalue weighted by Crippen LogP contribution is -2.39. The van der Waals surface area contributed by atoms with E-state index in [0.717, 1.165) is 30.8 Å². The summed E-state index contributed by atoms with van der Waals surface area (Å²) in [6, 6.07) is 7.69. The van der Waals surface area contributed by atoms with Gasteiger partial charge in [0, 0.05) is 6.54 Å². The normalized spacial score (nSPS) is 14.7. The Morgan fingerprint density at radius 1 is 1.40 bits per heavy atom. The van der Waals surface area contributed by atoms with Crippen molar-refractivity contribution in [1.82, 2.24) is 0 Å². The van der Waals surface area contributed by atoms with Gasteiger partial charge in [-0.3, -0.25) is 4.79 Å². The first kappa shape index (κ1) is 10.0. The van der Waals surface area contributed by atoms with Crippen LogP contribution in [0.3, 0.4) is 0 Å². The molecule has 1 aliphatic rings. The lowest BCUT2D eigenvalue weighted by molar-refractivity contribution is -0.121. The van der Waals surface area contributed by atoms with E-state index in [2.05, 4.69) is 6.92 Å². The number of ether oxygens (including phenoxy) is 1. The van der Waals surface area contributed by atoms with Gasteiger partial charge in [0.25, 0.3) is 5.91 Å². The van der Waals surface area contributed by atoms with Gasteiger partial charge in [0.05, 0.1) is 5.69 Å². The van der Waals surface area contributed by atoms with Gasteiger partial charge in [0.1, 0.15) is 5.75 Å². The summed E-state index contributed by atoms with van der Waals surface area (Å²) in [4.78, 5) is 13.5. The van der Waals surface area contributed by atoms with Crippen molar-refractivity contribution in [2.24, 2.45) is 0 Å². The van der Waals surface area contributed by atoms with E-state index in [1.807, 2.05) is 29.2 Å². The van der Waals surface area contributed by atoms with Gasteiger partial charge in [-0.2, -0.15) is 0 Å². The molecule has 0 saturated carbocycles. The summed E-state index contributed by atoms with van der Waals surface area (Å²) in [7, 11) is 0. The minimum Gasteiger partial charge on any atom is -0.482 e. The Morgan fingerprint density at radius 3 is 3.00 bits per heavy atom. The van der Waals surface area contributed by atoms with Crippen LogP contribution in [0.5, 0.6) is 5.75 Å². The van der Waals surface area contributed by atoms with Gasteiger partial charge >= 0.3 is 0 Å². The van der Waals surface area contributed by atoms with E-state index < -0.39 is 0 Å². The van der Waals surface area contributed by atoms with E-state index in [1.165, 1.54) is 0 Å². The van der Waals surface area contributed by atoms with Crippen LogP contribution in [0.2, 0.25) is 0 Å². The molecule has 1 aliphatic heterocycles. The molecule has 0 fully saturated rings. The zero-order valence-electron chi connectivity index (χ0n) is 8.90. The summed E-state index contributed by atoms with van der Waals surface area (Å²) in [6.07, 6.45) is 2.12. The van der Waals surface area contributed by atoms with Crippen molar-refractivity contribution in [3.8, 4) is 5.75 Å². The average Bonchev–Trinajstić information content (AvgIpc) is 2.28. The highest BCUT2D eigenvalue weighted by Crippen LogP contribution is 2.31. The molecule has 1 aromatic rings. The predicted molar refractivity (Wildman–Crippen MR) is 59.2 cm³/mol. The molecular formula is C12H15NO2. The van der Waals surface area contributed by atoms with Gasteiger partial charge in [-0.15, -0.1) is 0 Å². The first-order valence-corrected chi connectivity index (χ1v) is 5.35. The molecule has 15 heavy (non-hydrogen) atoms. The van der Waals surface area contributed by atoms with Crippen LogP contribution in [0.4, 0.5) is 5.69 Å². The molecule has 0 N–H and O–H groups in total. The molecule has 0 atom stereocenters. The van der Waals surface area contributed by atoms with E-state index in [-0.39, 0.29) is 12.5 Å². The molecular weight excluding hydrogens is 190 g/mol. The number of unbranched alkanes of at least 4 members (excludes halogenated alkanes) is 1. The van der Waals surface area contributed by atoms with E-state index in [0.29, 0.717) is 0 Å². The molecule has 1 heterocycles. The van der Waals surface area contributed by atoms with Crippen molar-refractivity contribution in [1.29, 1.82) is 0 Å². The number of rotatable bonds is 3. The van der Waals surface area contributed by atoms with Crippen molar-refractivity contribution < 1.29 is 9.53 Å². The molecule has 0 unspecified atom stereocenters. The van der Waals surface area contributed by atoms with E-state index in [1.54, 1.807) is 0 Å². The molecule has 0 spiro atoms. The second-order valence-corrected chi connectivity index (χ2v) is 3.66. The summed E-state index contributed by atoms with van der Waals surface area (Å²) in [5.41, 5.74) is 0.905. The summed E-state index contributed by atoms with van der Waals surface area (Å²) >= 11 is 0. The fraction of sp³-hybridized carbons (Fsp3) is 0.417. The van der Waals surface area contributed by atoms with E-state index in [9.17, 15) is 4.79 Å². The Morgan fingerprint density at radius 2 is 2.20 bits per heavy atom. The summed E-state index contributed by atoms with van der Waals surface area (Å²) in [5.74, 6) is 0.871. The summed E-state index contributed by atoms with van der Waals surface area (Å²) in [5, 5.41) is 0. The van der Waals surface area contributed by atoms with Crippen molar-refractivity contribution in [3.05, 3.63) is 24.3 Å². The topological polar surface area (TPSA) is 29.5 Å². The van der Waals surface area contributed by atoms with Crippen LogP contribution in [0.1, 0.15) is 19.8 Å². The third-order valence-electron chi connectivity index (χ3n) is 2.54. The average molecular weight is 205 g/mol. The Bertz CT molecular complexity index is 362. The maximum Gasteiger partial charge on any atom is 0.265 e. The molecule has 0 saturated heterocycles. The Kier molecular flexibility index (Phi) is 2.90. The van der Waals surface area contributed by atoms with Crippen molar-refractivity contribution in [2.75, 3.05) is 18.1 Å². The lowest BCUT2D eigenvalue weighted by Gasteiger charge is -2.29. The quantitative estimate of drug-likeness (QED) is 0.757. The van der Waals surface area contributed by atoms with Crippen LogP contribution in [-0.4, -0.2) is 19.1 Å². The smallest absolute Gasteiger partial charge is 0.265 e. The molecule has 3 nitrogen and oxygen atoms in total.